The molecule has 3 heterocycles. The van der Waals surface area contributed by atoms with Gasteiger partial charge in [-0.15, -0.1) is 0 Å². The fraction of sp³-hybridized carbons (Fsp3) is 0.423. The van der Waals surface area contributed by atoms with Gasteiger partial charge >= 0.3 is 0 Å². The number of ether oxygens (including phenoxy) is 4. The maximum Gasteiger partial charge on any atom is 0.161 e. The Hall–Kier alpha value is -2.87. The van der Waals surface area contributed by atoms with Crippen molar-refractivity contribution < 1.29 is 24.1 Å². The summed E-state index contributed by atoms with van der Waals surface area (Å²) in [6.45, 7) is 2.51. The van der Waals surface area contributed by atoms with E-state index in [2.05, 4.69) is 16.4 Å². The van der Waals surface area contributed by atoms with Crippen LogP contribution >= 0.6 is 0 Å². The molecule has 2 aliphatic heterocycles. The number of aliphatic hydroxyl groups excluding tert-OH is 1. The van der Waals surface area contributed by atoms with E-state index in [1.54, 1.807) is 13.3 Å². The summed E-state index contributed by atoms with van der Waals surface area (Å²) in [7, 11) is 1.65. The molecule has 174 valence electrons. The van der Waals surface area contributed by atoms with E-state index in [1.165, 1.54) is 0 Å². The van der Waals surface area contributed by atoms with Crippen LogP contribution in [0.5, 0.6) is 17.2 Å². The zero-order valence-corrected chi connectivity index (χ0v) is 18.8. The number of fused-ring (bicyclic) bond motifs is 2. The fourth-order valence-corrected chi connectivity index (χ4v) is 4.54. The third kappa shape index (κ3) is 5.05. The Morgan fingerprint density at radius 2 is 1.97 bits per heavy atom. The number of hydrogen-bond donors (Lipinski definition) is 2. The summed E-state index contributed by atoms with van der Waals surface area (Å²) in [5, 5.41) is 15.5. The van der Waals surface area contributed by atoms with Gasteiger partial charge < -0.3 is 29.4 Å². The molecule has 0 bridgehead atoms. The van der Waals surface area contributed by atoms with E-state index in [4.69, 9.17) is 18.9 Å². The summed E-state index contributed by atoms with van der Waals surface area (Å²) < 4.78 is 22.7. The van der Waals surface area contributed by atoms with Gasteiger partial charge in [-0.25, -0.2) is 0 Å². The Morgan fingerprint density at radius 1 is 1.09 bits per heavy atom. The van der Waals surface area contributed by atoms with Crippen molar-refractivity contribution in [2.75, 3.05) is 26.9 Å². The second-order valence-electron chi connectivity index (χ2n) is 8.63. The minimum atomic E-state index is -0.569. The molecule has 5 rings (SSSR count). The van der Waals surface area contributed by atoms with E-state index < -0.39 is 6.10 Å². The number of rotatable bonds is 7. The van der Waals surface area contributed by atoms with Gasteiger partial charge in [-0.2, -0.15) is 0 Å². The second-order valence-corrected chi connectivity index (χ2v) is 8.63. The Balaban J connectivity index is 1.14. The molecule has 2 N–H and O–H groups in total. The lowest BCUT2D eigenvalue weighted by Gasteiger charge is -2.32. The number of nitrogens with one attached hydrogen (secondary N) is 1. The maximum atomic E-state index is 10.9. The van der Waals surface area contributed by atoms with Gasteiger partial charge in [0.15, 0.2) is 11.5 Å². The first-order chi connectivity index (χ1) is 16.2. The summed E-state index contributed by atoms with van der Waals surface area (Å²) in [4.78, 5) is 4.42. The fourth-order valence-electron chi connectivity index (χ4n) is 4.54. The minimum absolute atomic E-state index is 0.175. The summed E-state index contributed by atoms with van der Waals surface area (Å²) in [5.41, 5.74) is 3.10. The Morgan fingerprint density at radius 3 is 2.79 bits per heavy atom. The minimum Gasteiger partial charge on any atom is -0.497 e. The molecule has 0 aliphatic carbocycles. The summed E-state index contributed by atoms with van der Waals surface area (Å²) in [6, 6.07) is 14.1. The molecule has 1 unspecified atom stereocenters. The summed E-state index contributed by atoms with van der Waals surface area (Å²) in [5.74, 6) is 2.40. The number of hydrogen-bond acceptors (Lipinski definition) is 7. The lowest BCUT2D eigenvalue weighted by atomic mass is 9.95. The predicted octanol–water partition coefficient (Wildman–Crippen LogP) is 3.26. The lowest BCUT2D eigenvalue weighted by Crippen LogP contribution is -2.43. The molecule has 2 aromatic carbocycles. The molecule has 3 atom stereocenters. The van der Waals surface area contributed by atoms with Crippen LogP contribution in [0.15, 0.2) is 48.7 Å². The normalized spacial score (nSPS) is 21.0. The number of aromatic nitrogens is 1. The van der Waals surface area contributed by atoms with Crippen molar-refractivity contribution in [2.24, 2.45) is 0 Å². The molecule has 1 fully saturated rings. The lowest BCUT2D eigenvalue weighted by molar-refractivity contribution is -0.0717. The van der Waals surface area contributed by atoms with Gasteiger partial charge in [0.2, 0.25) is 0 Å². The van der Waals surface area contributed by atoms with Crippen molar-refractivity contribution >= 4 is 10.9 Å². The van der Waals surface area contributed by atoms with Crippen LogP contribution in [0.4, 0.5) is 0 Å². The Kier molecular flexibility index (Phi) is 6.62. The van der Waals surface area contributed by atoms with Gasteiger partial charge in [-0.3, -0.25) is 4.98 Å². The number of benzene rings is 2. The van der Waals surface area contributed by atoms with Crippen molar-refractivity contribution in [2.45, 2.75) is 44.1 Å². The molecule has 7 nitrogen and oxygen atoms in total. The van der Waals surface area contributed by atoms with E-state index in [-0.39, 0.29) is 12.1 Å². The largest absolute Gasteiger partial charge is 0.497 e. The van der Waals surface area contributed by atoms with Gasteiger partial charge in [-0.05, 0) is 60.4 Å². The molecular formula is C26H30N2O5. The van der Waals surface area contributed by atoms with Crippen LogP contribution in [0.25, 0.3) is 10.9 Å². The van der Waals surface area contributed by atoms with Crippen LogP contribution in [-0.4, -0.2) is 55.3 Å². The highest BCUT2D eigenvalue weighted by Crippen LogP contribution is 2.31. The molecule has 0 saturated carbocycles. The maximum absolute atomic E-state index is 10.9. The molecule has 33 heavy (non-hydrogen) atoms. The molecule has 2 aliphatic rings. The third-order valence-corrected chi connectivity index (χ3v) is 6.41. The number of pyridine rings is 1. The molecule has 0 amide bonds. The van der Waals surface area contributed by atoms with Crippen molar-refractivity contribution in [1.82, 2.24) is 10.3 Å². The highest BCUT2D eigenvalue weighted by Gasteiger charge is 2.27. The summed E-state index contributed by atoms with van der Waals surface area (Å²) in [6.07, 6.45) is 3.33. The first-order valence-corrected chi connectivity index (χ1v) is 11.5. The van der Waals surface area contributed by atoms with Crippen molar-refractivity contribution in [3.05, 3.63) is 59.8 Å². The molecule has 1 saturated heterocycles. The average molecular weight is 451 g/mol. The monoisotopic (exact) mass is 450 g/mol. The number of methoxy groups -OCH3 is 1. The van der Waals surface area contributed by atoms with Crippen LogP contribution in [0.3, 0.4) is 0 Å². The van der Waals surface area contributed by atoms with Gasteiger partial charge in [0, 0.05) is 30.6 Å². The predicted molar refractivity (Wildman–Crippen MR) is 125 cm³/mol. The molecular weight excluding hydrogens is 420 g/mol. The second kappa shape index (κ2) is 9.95. The van der Waals surface area contributed by atoms with Gasteiger partial charge in [0.1, 0.15) is 19.0 Å². The van der Waals surface area contributed by atoms with E-state index in [1.807, 2.05) is 36.4 Å². The molecule has 0 radical (unpaired) electrons. The van der Waals surface area contributed by atoms with Crippen LogP contribution in [0.2, 0.25) is 0 Å². The van der Waals surface area contributed by atoms with Crippen molar-refractivity contribution in [1.29, 1.82) is 0 Å². The number of aliphatic hydroxyl groups is 1. The zero-order chi connectivity index (χ0) is 22.6. The molecule has 0 spiro atoms. The molecule has 3 aromatic rings. The van der Waals surface area contributed by atoms with Crippen LogP contribution in [0.1, 0.15) is 24.0 Å². The topological polar surface area (TPSA) is 82.1 Å². The van der Waals surface area contributed by atoms with E-state index in [0.717, 1.165) is 58.7 Å². The summed E-state index contributed by atoms with van der Waals surface area (Å²) >= 11 is 0. The van der Waals surface area contributed by atoms with E-state index in [0.29, 0.717) is 26.2 Å². The quantitative estimate of drug-likeness (QED) is 0.572. The highest BCUT2D eigenvalue weighted by molar-refractivity contribution is 5.83. The van der Waals surface area contributed by atoms with Gasteiger partial charge in [-0.1, -0.05) is 6.07 Å². The average Bonchev–Trinajstić information content (AvgIpc) is 2.87. The SMILES string of the molecule is COc1ccc2nccc(CC(O)[C@@H]3CC[C@@H](NCc4ccc5c(c4)OCCO5)CO3)c2c1. The zero-order valence-electron chi connectivity index (χ0n) is 18.8. The Labute approximate surface area is 193 Å². The van der Waals surface area contributed by atoms with Gasteiger partial charge in [0.05, 0.1) is 31.4 Å². The molecule has 7 heteroatoms. The Bertz CT molecular complexity index is 1100. The third-order valence-electron chi connectivity index (χ3n) is 6.41. The molecule has 1 aromatic heterocycles. The van der Waals surface area contributed by atoms with E-state index in [9.17, 15) is 5.11 Å². The van der Waals surface area contributed by atoms with Crippen molar-refractivity contribution in [3.63, 3.8) is 0 Å². The van der Waals surface area contributed by atoms with Crippen molar-refractivity contribution in [3.8, 4) is 17.2 Å². The van der Waals surface area contributed by atoms with E-state index >= 15 is 0 Å². The van der Waals surface area contributed by atoms with Gasteiger partial charge in [0.25, 0.3) is 0 Å². The smallest absolute Gasteiger partial charge is 0.161 e. The first-order valence-electron chi connectivity index (χ1n) is 11.5. The standard InChI is InChI=1S/C26H30N2O5/c1-30-20-4-5-22-21(14-20)18(8-9-27-22)13-23(29)24-7-3-19(16-33-24)28-15-17-2-6-25-26(12-17)32-11-10-31-25/h2,4-6,8-9,12,14,19,23-24,28-29H,3,7,10-11,13,15-16H2,1H3/t19-,23?,24+/m1/s1. The first kappa shape index (κ1) is 21.9. The highest BCUT2D eigenvalue weighted by atomic mass is 16.6. The van der Waals surface area contributed by atoms with Crippen LogP contribution < -0.4 is 19.5 Å². The van der Waals surface area contributed by atoms with Crippen LogP contribution in [-0.2, 0) is 17.7 Å². The van der Waals surface area contributed by atoms with Crippen LogP contribution in [0, 0.1) is 0 Å². The number of nitrogens with zero attached hydrogens (tertiary/aromatic N) is 1.